The lowest BCUT2D eigenvalue weighted by molar-refractivity contribution is -0.377. The van der Waals surface area contributed by atoms with Crippen LogP contribution in [0.2, 0.25) is 0 Å². The molecule has 0 spiro atoms. The number of carbonyl (C=O) groups is 2. The molecule has 2 aromatic carbocycles. The maximum atomic E-state index is 14.6. The van der Waals surface area contributed by atoms with Gasteiger partial charge in [-0.15, -0.1) is 0 Å². The van der Waals surface area contributed by atoms with Crippen LogP contribution >= 0.6 is 0 Å². The molecule has 39 heavy (non-hydrogen) atoms. The third kappa shape index (κ3) is 4.86. The van der Waals surface area contributed by atoms with Gasteiger partial charge >= 0.3 is 12.4 Å². The van der Waals surface area contributed by atoms with Gasteiger partial charge in [-0.1, -0.05) is 19.1 Å². The molecule has 15 heteroatoms. The van der Waals surface area contributed by atoms with Gasteiger partial charge in [-0.25, -0.2) is 12.8 Å². The second-order valence-corrected chi connectivity index (χ2v) is 11.9. The molecule has 0 radical (unpaired) electrons. The summed E-state index contributed by atoms with van der Waals surface area (Å²) < 4.78 is 117. The number of carbonyl (C=O) groups excluding carboxylic acids is 2. The van der Waals surface area contributed by atoms with Gasteiger partial charge in [-0.2, -0.15) is 26.3 Å². The van der Waals surface area contributed by atoms with Gasteiger partial charge in [0.25, 0.3) is 11.5 Å². The van der Waals surface area contributed by atoms with E-state index in [0.717, 1.165) is 6.26 Å². The van der Waals surface area contributed by atoms with Gasteiger partial charge in [0.05, 0.1) is 4.90 Å². The number of aliphatic hydroxyl groups is 1. The molecule has 2 amide bonds. The normalized spacial score (nSPS) is 19.0. The Morgan fingerprint density at radius 1 is 1.03 bits per heavy atom. The van der Waals surface area contributed by atoms with E-state index in [0.29, 0.717) is 24.5 Å². The number of nitrogens with one attached hydrogen (secondary N) is 1. The van der Waals surface area contributed by atoms with Crippen LogP contribution in [0.1, 0.15) is 42.5 Å². The summed E-state index contributed by atoms with van der Waals surface area (Å²) in [7, 11) is -3.63. The Bertz CT molecular complexity index is 1450. The Morgan fingerprint density at radius 2 is 1.62 bits per heavy atom. The highest BCUT2D eigenvalue weighted by atomic mass is 32.2. The molecule has 0 saturated heterocycles. The third-order valence-corrected chi connectivity index (χ3v) is 8.07. The molecule has 0 aromatic heterocycles. The number of hydrogen-bond acceptors (Lipinski definition) is 5. The van der Waals surface area contributed by atoms with Crippen LogP contribution in [0.4, 0.5) is 36.4 Å². The van der Waals surface area contributed by atoms with E-state index >= 15 is 0 Å². The van der Waals surface area contributed by atoms with E-state index in [9.17, 15) is 53.8 Å². The molecular weight excluding hydrogens is 561 g/mol. The maximum Gasteiger partial charge on any atom is 0.430 e. The molecule has 2 aromatic rings. The number of halogens is 7. The quantitative estimate of drug-likeness (QED) is 0.510. The lowest BCUT2D eigenvalue weighted by Gasteiger charge is -2.33. The maximum absolute atomic E-state index is 14.6. The van der Waals surface area contributed by atoms with Gasteiger partial charge in [0.1, 0.15) is 11.9 Å². The molecule has 212 valence electrons. The number of hydrogen-bond donors (Lipinski definition) is 2. The highest BCUT2D eigenvalue weighted by molar-refractivity contribution is 7.90. The summed E-state index contributed by atoms with van der Waals surface area (Å²) in [6, 6.07) is 3.31. The largest absolute Gasteiger partial charge is 0.430 e. The highest BCUT2D eigenvalue weighted by Crippen LogP contribution is 2.51. The molecule has 4 rings (SSSR count). The Hall–Kier alpha value is -3.20. The van der Waals surface area contributed by atoms with Crippen molar-refractivity contribution in [3.8, 4) is 0 Å². The summed E-state index contributed by atoms with van der Waals surface area (Å²) in [5, 5.41) is 11.7. The fraction of sp³-hybridized carbons (Fsp3) is 0.417. The molecular formula is C24H21F7N2O5S. The summed E-state index contributed by atoms with van der Waals surface area (Å²) in [5.41, 5.74) is -8.32. The molecule has 2 aliphatic rings. The second-order valence-electron chi connectivity index (χ2n) is 9.92. The SMILES string of the molecule is CC1(C(=O)N2Cc3cc(S(C)(=O)=O)ccc3C2C(=O)Nc2ccc(C(O)(C(F)(F)F)C(F)(F)F)c(F)c2)CC1. The number of sulfone groups is 1. The lowest BCUT2D eigenvalue weighted by atomic mass is 9.91. The number of alkyl halides is 6. The van der Waals surface area contributed by atoms with Crippen LogP contribution in [0, 0.1) is 11.2 Å². The van der Waals surface area contributed by atoms with Crippen molar-refractivity contribution in [2.75, 3.05) is 11.6 Å². The summed E-state index contributed by atoms with van der Waals surface area (Å²) >= 11 is 0. The minimum absolute atomic E-state index is 0.0566. The topological polar surface area (TPSA) is 104 Å². The number of nitrogens with zero attached hydrogens (tertiary/aromatic N) is 1. The zero-order valence-corrected chi connectivity index (χ0v) is 21.1. The van der Waals surface area contributed by atoms with Crippen LogP contribution < -0.4 is 5.32 Å². The van der Waals surface area contributed by atoms with E-state index < -0.39 is 68.1 Å². The number of benzene rings is 2. The Morgan fingerprint density at radius 3 is 2.10 bits per heavy atom. The van der Waals surface area contributed by atoms with E-state index in [1.807, 2.05) is 0 Å². The van der Waals surface area contributed by atoms with Crippen LogP contribution in [-0.2, 0) is 31.6 Å². The van der Waals surface area contributed by atoms with Crippen molar-refractivity contribution >= 4 is 27.3 Å². The number of anilines is 1. The monoisotopic (exact) mass is 582 g/mol. The molecule has 1 heterocycles. The molecule has 1 atom stereocenters. The number of fused-ring (bicyclic) bond motifs is 1. The first-order chi connectivity index (χ1) is 17.7. The van der Waals surface area contributed by atoms with E-state index in [1.165, 1.54) is 23.1 Å². The highest BCUT2D eigenvalue weighted by Gasteiger charge is 2.72. The fourth-order valence-corrected chi connectivity index (χ4v) is 5.11. The van der Waals surface area contributed by atoms with Crippen molar-refractivity contribution < 1.29 is 53.8 Å². The smallest absolute Gasteiger partial charge is 0.369 e. The van der Waals surface area contributed by atoms with Gasteiger partial charge in [-0.3, -0.25) is 9.59 Å². The summed E-state index contributed by atoms with van der Waals surface area (Å²) in [4.78, 5) is 27.6. The first kappa shape index (κ1) is 28.8. The van der Waals surface area contributed by atoms with Crippen molar-refractivity contribution in [3.05, 3.63) is 58.9 Å². The Balaban J connectivity index is 1.69. The van der Waals surface area contributed by atoms with E-state index in [-0.39, 0.29) is 29.1 Å². The molecule has 7 nitrogen and oxygen atoms in total. The Labute approximate surface area is 217 Å². The summed E-state index contributed by atoms with van der Waals surface area (Å²) in [6.45, 7) is 1.54. The van der Waals surface area contributed by atoms with Crippen LogP contribution in [0.3, 0.4) is 0 Å². The van der Waals surface area contributed by atoms with E-state index in [4.69, 9.17) is 0 Å². The fourth-order valence-electron chi connectivity index (χ4n) is 4.44. The van der Waals surface area contributed by atoms with Crippen molar-refractivity contribution in [3.63, 3.8) is 0 Å². The van der Waals surface area contributed by atoms with Crippen molar-refractivity contribution in [1.82, 2.24) is 4.90 Å². The summed E-state index contributed by atoms with van der Waals surface area (Å²) in [5.74, 6) is -3.47. The Kier molecular flexibility index (Phi) is 6.58. The van der Waals surface area contributed by atoms with Crippen LogP contribution in [0.5, 0.6) is 0 Å². The van der Waals surface area contributed by atoms with Crippen LogP contribution in [-0.4, -0.2) is 48.8 Å². The first-order valence-corrected chi connectivity index (χ1v) is 13.2. The zero-order valence-electron chi connectivity index (χ0n) is 20.2. The number of amides is 2. The van der Waals surface area contributed by atoms with Crippen molar-refractivity contribution in [1.29, 1.82) is 0 Å². The minimum atomic E-state index is -6.31. The summed E-state index contributed by atoms with van der Waals surface area (Å²) in [6.07, 6.45) is -10.6. The zero-order chi connectivity index (χ0) is 29.3. The predicted octanol–water partition coefficient (Wildman–Crippen LogP) is 4.36. The molecule has 1 aliphatic heterocycles. The average Bonchev–Trinajstić information content (AvgIpc) is 3.43. The average molecular weight is 582 g/mol. The second kappa shape index (κ2) is 8.91. The van der Waals surface area contributed by atoms with Gasteiger partial charge in [0.15, 0.2) is 9.84 Å². The third-order valence-electron chi connectivity index (χ3n) is 6.96. The van der Waals surface area contributed by atoms with Crippen LogP contribution in [0.15, 0.2) is 41.3 Å². The van der Waals surface area contributed by atoms with Gasteiger partial charge < -0.3 is 15.3 Å². The predicted molar refractivity (Wildman–Crippen MR) is 121 cm³/mol. The van der Waals surface area contributed by atoms with E-state index in [2.05, 4.69) is 5.32 Å². The molecule has 1 saturated carbocycles. The first-order valence-electron chi connectivity index (χ1n) is 11.3. The molecule has 2 N–H and O–H groups in total. The lowest BCUT2D eigenvalue weighted by Crippen LogP contribution is -2.54. The molecule has 1 fully saturated rings. The van der Waals surface area contributed by atoms with Gasteiger partial charge in [-0.05, 0) is 48.2 Å². The van der Waals surface area contributed by atoms with Crippen molar-refractivity contribution in [2.24, 2.45) is 5.41 Å². The van der Waals surface area contributed by atoms with Crippen LogP contribution in [0.25, 0.3) is 0 Å². The minimum Gasteiger partial charge on any atom is -0.369 e. The standard InChI is InChI=1S/C24H21F7N2O5S/c1-21(7-8-21)20(35)33-11-12-9-14(39(2,37)38)4-5-15(12)18(33)19(34)32-13-3-6-16(17(25)10-13)22(36,23(26,27)28)24(29,30)31/h3-6,9-10,18,36H,7-8,11H2,1-2H3,(H,32,34). The van der Waals surface area contributed by atoms with Gasteiger partial charge in [0.2, 0.25) is 5.91 Å². The van der Waals surface area contributed by atoms with E-state index in [1.54, 1.807) is 6.92 Å². The molecule has 1 aliphatic carbocycles. The molecule has 0 bridgehead atoms. The number of rotatable bonds is 5. The molecule has 1 unspecified atom stereocenters. The van der Waals surface area contributed by atoms with Gasteiger partial charge in [0, 0.05) is 29.5 Å². The van der Waals surface area contributed by atoms with Crippen molar-refractivity contribution in [2.45, 2.75) is 55.2 Å².